The maximum atomic E-state index is 12.3. The summed E-state index contributed by atoms with van der Waals surface area (Å²) in [4.78, 5) is 35.9. The van der Waals surface area contributed by atoms with E-state index >= 15 is 0 Å². The molecule has 28 heavy (non-hydrogen) atoms. The van der Waals surface area contributed by atoms with E-state index in [-0.39, 0.29) is 23.6 Å². The molecule has 0 spiro atoms. The van der Waals surface area contributed by atoms with Crippen LogP contribution in [0.25, 0.3) is 0 Å². The molecule has 0 unspecified atom stereocenters. The van der Waals surface area contributed by atoms with Gasteiger partial charge in [-0.25, -0.2) is 0 Å². The molecule has 1 heterocycles. The molecule has 1 aromatic carbocycles. The van der Waals surface area contributed by atoms with Crippen molar-refractivity contribution in [2.45, 2.75) is 51.9 Å². The van der Waals surface area contributed by atoms with E-state index in [9.17, 15) is 19.7 Å². The van der Waals surface area contributed by atoms with Crippen molar-refractivity contribution in [2.75, 3.05) is 24.5 Å². The molecule has 1 saturated heterocycles. The highest BCUT2D eigenvalue weighted by Gasteiger charge is 2.24. The number of piperidine rings is 1. The van der Waals surface area contributed by atoms with Crippen molar-refractivity contribution >= 4 is 23.3 Å². The van der Waals surface area contributed by atoms with Gasteiger partial charge >= 0.3 is 5.97 Å². The van der Waals surface area contributed by atoms with E-state index in [4.69, 9.17) is 5.11 Å². The topological polar surface area (TPSA) is 113 Å². The predicted molar refractivity (Wildman–Crippen MR) is 107 cm³/mol. The Balaban J connectivity index is 1.89. The molecule has 1 fully saturated rings. The van der Waals surface area contributed by atoms with Crippen molar-refractivity contribution in [3.8, 4) is 0 Å². The van der Waals surface area contributed by atoms with Crippen LogP contribution in [0.5, 0.6) is 0 Å². The number of unbranched alkanes of at least 4 members (excludes halogenated alkanes) is 3. The molecule has 0 aromatic heterocycles. The summed E-state index contributed by atoms with van der Waals surface area (Å²) in [5, 5.41) is 22.9. The third-order valence-electron chi connectivity index (χ3n) is 5.16. The number of nitrogens with zero attached hydrogens (tertiary/aromatic N) is 2. The van der Waals surface area contributed by atoms with Crippen LogP contribution >= 0.6 is 0 Å². The minimum atomic E-state index is -0.794. The van der Waals surface area contributed by atoms with Gasteiger partial charge in [0, 0.05) is 37.7 Å². The van der Waals surface area contributed by atoms with Gasteiger partial charge in [-0.1, -0.05) is 19.8 Å². The number of nitro benzene ring substituents is 1. The highest BCUT2D eigenvalue weighted by atomic mass is 16.6. The first kappa shape index (κ1) is 21.7. The molecule has 1 aliphatic rings. The van der Waals surface area contributed by atoms with Crippen molar-refractivity contribution in [2.24, 2.45) is 5.92 Å². The number of hydrogen-bond acceptors (Lipinski definition) is 5. The van der Waals surface area contributed by atoms with E-state index in [0.29, 0.717) is 24.6 Å². The second kappa shape index (κ2) is 10.6. The molecular formula is C20H29N3O5. The summed E-state index contributed by atoms with van der Waals surface area (Å²) in [6, 6.07) is 4.67. The maximum absolute atomic E-state index is 12.3. The first-order valence-corrected chi connectivity index (χ1v) is 9.92. The summed E-state index contributed by atoms with van der Waals surface area (Å²) >= 11 is 0. The van der Waals surface area contributed by atoms with Crippen LogP contribution in [0.3, 0.4) is 0 Å². The second-order valence-electron chi connectivity index (χ2n) is 7.44. The van der Waals surface area contributed by atoms with Crippen molar-refractivity contribution in [1.29, 1.82) is 0 Å². The average molecular weight is 391 g/mol. The van der Waals surface area contributed by atoms with Crippen LogP contribution in [-0.2, 0) is 4.79 Å². The largest absolute Gasteiger partial charge is 0.481 e. The Labute approximate surface area is 165 Å². The molecule has 8 nitrogen and oxygen atoms in total. The fraction of sp³-hybridized carbons (Fsp3) is 0.600. The molecule has 0 saturated carbocycles. The summed E-state index contributed by atoms with van der Waals surface area (Å²) in [6.07, 6.45) is 5.19. The van der Waals surface area contributed by atoms with Crippen LogP contribution in [0.1, 0.15) is 62.2 Å². The third kappa shape index (κ3) is 6.51. The number of nitro groups is 1. The standard InChI is InChI=1S/C20H29N3O5/c1-15-9-12-22(13-10-15)17-8-7-16(14-18(17)23(27)28)20(26)21-11-5-3-2-4-6-19(24)25/h7-8,14-15H,2-6,9-13H2,1H3,(H,21,26)(H,24,25). The van der Waals surface area contributed by atoms with Crippen LogP contribution < -0.4 is 10.2 Å². The van der Waals surface area contributed by atoms with Crippen LogP contribution in [0.4, 0.5) is 11.4 Å². The van der Waals surface area contributed by atoms with Gasteiger partial charge in [0.15, 0.2) is 0 Å². The van der Waals surface area contributed by atoms with Gasteiger partial charge in [-0.15, -0.1) is 0 Å². The number of nitrogens with one attached hydrogen (secondary N) is 1. The van der Waals surface area contributed by atoms with Crippen LogP contribution in [0, 0.1) is 16.0 Å². The first-order chi connectivity index (χ1) is 13.4. The van der Waals surface area contributed by atoms with Crippen molar-refractivity contribution < 1.29 is 19.6 Å². The van der Waals surface area contributed by atoms with Gasteiger partial charge in [-0.2, -0.15) is 0 Å². The normalized spacial score (nSPS) is 14.7. The van der Waals surface area contributed by atoms with Gasteiger partial charge in [0.2, 0.25) is 0 Å². The lowest BCUT2D eigenvalue weighted by Gasteiger charge is -2.31. The van der Waals surface area contributed by atoms with E-state index in [1.165, 1.54) is 6.07 Å². The zero-order chi connectivity index (χ0) is 20.5. The lowest BCUT2D eigenvalue weighted by atomic mass is 9.98. The molecule has 1 aromatic rings. The van der Waals surface area contributed by atoms with Crippen LogP contribution in [0.15, 0.2) is 18.2 Å². The number of aliphatic carboxylic acids is 1. The third-order valence-corrected chi connectivity index (χ3v) is 5.16. The molecule has 8 heteroatoms. The number of benzene rings is 1. The zero-order valence-corrected chi connectivity index (χ0v) is 16.4. The number of anilines is 1. The molecule has 2 N–H and O–H groups in total. The molecule has 1 aliphatic heterocycles. The average Bonchev–Trinajstić information content (AvgIpc) is 2.67. The van der Waals surface area contributed by atoms with Crippen LogP contribution in [-0.4, -0.2) is 41.5 Å². The number of carbonyl (C=O) groups excluding carboxylic acids is 1. The molecule has 0 radical (unpaired) electrons. The summed E-state index contributed by atoms with van der Waals surface area (Å²) < 4.78 is 0. The second-order valence-corrected chi connectivity index (χ2v) is 7.44. The Morgan fingerprint density at radius 1 is 1.21 bits per heavy atom. The Kier molecular flexibility index (Phi) is 8.22. The molecule has 1 amide bonds. The van der Waals surface area contributed by atoms with E-state index < -0.39 is 10.9 Å². The number of carboxylic acid groups (broad SMARTS) is 1. The number of carbonyl (C=O) groups is 2. The predicted octanol–water partition coefficient (Wildman–Crippen LogP) is 3.60. The summed E-state index contributed by atoms with van der Waals surface area (Å²) in [7, 11) is 0. The van der Waals surface area contributed by atoms with Gasteiger partial charge in [0.25, 0.3) is 11.6 Å². The quantitative estimate of drug-likeness (QED) is 0.358. The maximum Gasteiger partial charge on any atom is 0.303 e. The van der Waals surface area contributed by atoms with Crippen LogP contribution in [0.2, 0.25) is 0 Å². The fourth-order valence-electron chi connectivity index (χ4n) is 3.39. The molecule has 154 valence electrons. The van der Waals surface area contributed by atoms with Crippen molar-refractivity contribution in [1.82, 2.24) is 5.32 Å². The lowest BCUT2D eigenvalue weighted by Crippen LogP contribution is -2.33. The van der Waals surface area contributed by atoms with Gasteiger partial charge in [-0.05, 0) is 43.7 Å². The highest BCUT2D eigenvalue weighted by Crippen LogP contribution is 2.32. The van der Waals surface area contributed by atoms with E-state index in [0.717, 1.165) is 45.2 Å². The van der Waals surface area contributed by atoms with E-state index in [2.05, 4.69) is 12.2 Å². The number of amides is 1. The summed E-state index contributed by atoms with van der Waals surface area (Å²) in [6.45, 7) is 4.22. The number of rotatable bonds is 10. The fourth-order valence-corrected chi connectivity index (χ4v) is 3.39. The van der Waals surface area contributed by atoms with Gasteiger partial charge < -0.3 is 15.3 Å². The van der Waals surface area contributed by atoms with E-state index in [1.54, 1.807) is 12.1 Å². The lowest BCUT2D eigenvalue weighted by molar-refractivity contribution is -0.384. The molecular weight excluding hydrogens is 362 g/mol. The van der Waals surface area contributed by atoms with Gasteiger partial charge in [0.1, 0.15) is 5.69 Å². The number of hydrogen-bond donors (Lipinski definition) is 2. The van der Waals surface area contributed by atoms with E-state index in [1.807, 2.05) is 4.90 Å². The first-order valence-electron chi connectivity index (χ1n) is 9.92. The minimum Gasteiger partial charge on any atom is -0.481 e. The zero-order valence-electron chi connectivity index (χ0n) is 16.4. The molecule has 0 bridgehead atoms. The number of carboxylic acids is 1. The highest BCUT2D eigenvalue weighted by molar-refractivity contribution is 5.95. The SMILES string of the molecule is CC1CCN(c2ccc(C(=O)NCCCCCCC(=O)O)cc2[N+](=O)[O-])CC1. The molecule has 0 atom stereocenters. The van der Waals surface area contributed by atoms with Crippen molar-refractivity contribution in [3.63, 3.8) is 0 Å². The Hall–Kier alpha value is -2.64. The Bertz CT molecular complexity index is 699. The summed E-state index contributed by atoms with van der Waals surface area (Å²) in [5.74, 6) is -0.491. The Morgan fingerprint density at radius 2 is 1.89 bits per heavy atom. The smallest absolute Gasteiger partial charge is 0.303 e. The van der Waals surface area contributed by atoms with Gasteiger partial charge in [0.05, 0.1) is 4.92 Å². The molecule has 0 aliphatic carbocycles. The minimum absolute atomic E-state index is 0.0316. The monoisotopic (exact) mass is 391 g/mol. The van der Waals surface area contributed by atoms with Gasteiger partial charge in [-0.3, -0.25) is 19.7 Å². The summed E-state index contributed by atoms with van der Waals surface area (Å²) in [5.41, 5.74) is 0.828. The van der Waals surface area contributed by atoms with Crippen molar-refractivity contribution in [3.05, 3.63) is 33.9 Å². The molecule has 2 rings (SSSR count). The Morgan fingerprint density at radius 3 is 2.54 bits per heavy atom.